The Bertz CT molecular complexity index is 1260. The van der Waals surface area contributed by atoms with Crippen LogP contribution >= 0.6 is 0 Å². The van der Waals surface area contributed by atoms with Crippen molar-refractivity contribution in [1.29, 1.82) is 0 Å². The third kappa shape index (κ3) is 3.82. The fourth-order valence-electron chi connectivity index (χ4n) is 3.87. The lowest BCUT2D eigenvalue weighted by Crippen LogP contribution is -2.16. The molecule has 0 bridgehead atoms. The van der Waals surface area contributed by atoms with Crippen molar-refractivity contribution in [3.8, 4) is 11.4 Å². The van der Waals surface area contributed by atoms with Crippen LogP contribution in [0, 0.1) is 13.8 Å². The maximum absolute atomic E-state index is 12.1. The van der Waals surface area contributed by atoms with E-state index in [0.29, 0.717) is 17.9 Å². The van der Waals surface area contributed by atoms with E-state index < -0.39 is 5.91 Å². The number of carbonyl (C=O) groups is 1. The van der Waals surface area contributed by atoms with Crippen LogP contribution < -0.4 is 16.0 Å². The highest BCUT2D eigenvalue weighted by atomic mass is 16.1. The third-order valence-corrected chi connectivity index (χ3v) is 5.35. The summed E-state index contributed by atoms with van der Waals surface area (Å²) in [6.07, 6.45) is 0. The summed E-state index contributed by atoms with van der Waals surface area (Å²) < 4.78 is 0. The lowest BCUT2D eigenvalue weighted by Gasteiger charge is -2.19. The minimum atomic E-state index is -0.478. The number of nitrogens with one attached hydrogen (secondary N) is 2. The second kappa shape index (κ2) is 8.10. The van der Waals surface area contributed by atoms with E-state index in [1.54, 1.807) is 6.07 Å². The minimum absolute atomic E-state index is 0.450. The van der Waals surface area contributed by atoms with Crippen molar-refractivity contribution in [2.75, 3.05) is 24.3 Å². The number of benzene rings is 2. The van der Waals surface area contributed by atoms with Gasteiger partial charge in [0, 0.05) is 53.9 Å². The van der Waals surface area contributed by atoms with Gasteiger partial charge < -0.3 is 20.9 Å². The summed E-state index contributed by atoms with van der Waals surface area (Å²) in [4.78, 5) is 27.1. The first-order chi connectivity index (χ1) is 14.9. The van der Waals surface area contributed by atoms with Gasteiger partial charge in [0.2, 0.25) is 5.91 Å². The highest BCUT2D eigenvalue weighted by Gasteiger charge is 2.21. The number of rotatable bonds is 6. The Hall–Kier alpha value is -3.87. The number of carbonyl (C=O) groups excluding carboxylic acids is 1. The second-order valence-corrected chi connectivity index (χ2v) is 7.80. The molecule has 0 aliphatic heterocycles. The SMILES string of the molecule is Cc1[nH]c2cccc(C(N)=O)c2c1-c1nc(NCc2ccccc2)c(C)c(N(C)C)n1. The van der Waals surface area contributed by atoms with E-state index in [4.69, 9.17) is 15.7 Å². The number of H-pyrrole nitrogens is 1. The average molecular weight is 415 g/mol. The molecule has 4 rings (SSSR count). The van der Waals surface area contributed by atoms with Crippen LogP contribution in [0.2, 0.25) is 0 Å². The van der Waals surface area contributed by atoms with Crippen LogP contribution in [0.3, 0.4) is 0 Å². The van der Waals surface area contributed by atoms with Crippen LogP contribution in [0.1, 0.15) is 27.2 Å². The summed E-state index contributed by atoms with van der Waals surface area (Å²) in [7, 11) is 3.91. The summed E-state index contributed by atoms with van der Waals surface area (Å²) >= 11 is 0. The molecule has 0 aliphatic carbocycles. The maximum atomic E-state index is 12.1. The normalized spacial score (nSPS) is 11.0. The molecule has 2 aromatic carbocycles. The largest absolute Gasteiger partial charge is 0.366 e. The Kier molecular flexibility index (Phi) is 5.33. The number of nitrogens with two attached hydrogens (primary N) is 1. The zero-order valence-electron chi connectivity index (χ0n) is 18.2. The van der Waals surface area contributed by atoms with E-state index in [0.717, 1.165) is 44.9 Å². The summed E-state index contributed by atoms with van der Waals surface area (Å²) in [5.74, 6) is 1.63. The first kappa shape index (κ1) is 20.4. The number of fused-ring (bicyclic) bond motifs is 1. The van der Waals surface area contributed by atoms with Gasteiger partial charge in [0.15, 0.2) is 5.82 Å². The van der Waals surface area contributed by atoms with Gasteiger partial charge in [-0.1, -0.05) is 36.4 Å². The molecule has 7 heteroatoms. The number of aryl methyl sites for hydroxylation is 1. The molecule has 4 N–H and O–H groups in total. The maximum Gasteiger partial charge on any atom is 0.249 e. The molecule has 2 aromatic heterocycles. The topological polar surface area (TPSA) is 99.9 Å². The van der Waals surface area contributed by atoms with Crippen LogP contribution in [-0.4, -0.2) is 35.0 Å². The molecule has 0 atom stereocenters. The lowest BCUT2D eigenvalue weighted by molar-refractivity contribution is 0.100. The van der Waals surface area contributed by atoms with Gasteiger partial charge in [0.05, 0.1) is 0 Å². The van der Waals surface area contributed by atoms with Crippen molar-refractivity contribution in [3.05, 3.63) is 70.9 Å². The van der Waals surface area contributed by atoms with Crippen molar-refractivity contribution < 1.29 is 4.79 Å². The summed E-state index contributed by atoms with van der Waals surface area (Å²) in [6.45, 7) is 4.60. The molecule has 0 saturated carbocycles. The van der Waals surface area contributed by atoms with Crippen molar-refractivity contribution >= 4 is 28.4 Å². The van der Waals surface area contributed by atoms with Crippen molar-refractivity contribution in [2.24, 2.45) is 5.73 Å². The van der Waals surface area contributed by atoms with E-state index in [1.807, 2.05) is 63.2 Å². The van der Waals surface area contributed by atoms with Gasteiger partial charge in [-0.3, -0.25) is 4.79 Å². The molecule has 0 fully saturated rings. The molecule has 2 heterocycles. The molecule has 31 heavy (non-hydrogen) atoms. The van der Waals surface area contributed by atoms with E-state index in [2.05, 4.69) is 22.4 Å². The molecular weight excluding hydrogens is 388 g/mol. The summed E-state index contributed by atoms with van der Waals surface area (Å²) in [6, 6.07) is 15.6. The molecule has 0 aliphatic rings. The van der Waals surface area contributed by atoms with Crippen LogP contribution in [-0.2, 0) is 6.54 Å². The molecule has 0 radical (unpaired) electrons. The summed E-state index contributed by atoms with van der Waals surface area (Å²) in [5.41, 5.74) is 10.7. The summed E-state index contributed by atoms with van der Waals surface area (Å²) in [5, 5.41) is 4.20. The number of aromatic nitrogens is 3. The smallest absolute Gasteiger partial charge is 0.249 e. The van der Waals surface area contributed by atoms with Crippen LogP contribution in [0.4, 0.5) is 11.6 Å². The number of hydrogen-bond acceptors (Lipinski definition) is 5. The number of aromatic amines is 1. The zero-order chi connectivity index (χ0) is 22.1. The van der Waals surface area contributed by atoms with Gasteiger partial charge in [0.25, 0.3) is 0 Å². The van der Waals surface area contributed by atoms with E-state index in [1.165, 1.54) is 0 Å². The van der Waals surface area contributed by atoms with Gasteiger partial charge >= 0.3 is 0 Å². The Morgan fingerprint density at radius 1 is 1.06 bits per heavy atom. The predicted octanol–water partition coefficient (Wildman–Crippen LogP) is 4.02. The Labute approximate surface area is 181 Å². The molecule has 0 unspecified atom stereocenters. The molecule has 4 aromatic rings. The highest BCUT2D eigenvalue weighted by molar-refractivity contribution is 6.11. The number of nitrogens with zero attached hydrogens (tertiary/aromatic N) is 3. The molecule has 158 valence electrons. The Morgan fingerprint density at radius 3 is 2.48 bits per heavy atom. The molecule has 7 nitrogen and oxygen atoms in total. The van der Waals surface area contributed by atoms with Gasteiger partial charge in [-0.05, 0) is 31.5 Å². The lowest BCUT2D eigenvalue weighted by atomic mass is 10.0. The van der Waals surface area contributed by atoms with E-state index >= 15 is 0 Å². The van der Waals surface area contributed by atoms with Crippen LogP contribution in [0.5, 0.6) is 0 Å². The first-order valence-corrected chi connectivity index (χ1v) is 10.1. The number of amides is 1. The fourth-order valence-corrected chi connectivity index (χ4v) is 3.87. The van der Waals surface area contributed by atoms with Gasteiger partial charge in [-0.2, -0.15) is 0 Å². The van der Waals surface area contributed by atoms with Gasteiger partial charge in [-0.15, -0.1) is 0 Å². The van der Waals surface area contributed by atoms with Gasteiger partial charge in [-0.25, -0.2) is 9.97 Å². The van der Waals surface area contributed by atoms with Crippen molar-refractivity contribution in [3.63, 3.8) is 0 Å². The van der Waals surface area contributed by atoms with Crippen molar-refractivity contribution in [2.45, 2.75) is 20.4 Å². The van der Waals surface area contributed by atoms with E-state index in [9.17, 15) is 4.79 Å². The molecule has 0 saturated heterocycles. The third-order valence-electron chi connectivity index (χ3n) is 5.35. The van der Waals surface area contributed by atoms with Crippen LogP contribution in [0.25, 0.3) is 22.3 Å². The molecule has 0 spiro atoms. The average Bonchev–Trinajstić information content (AvgIpc) is 3.09. The quantitative estimate of drug-likeness (QED) is 0.442. The fraction of sp³-hybridized carbons (Fsp3) is 0.208. The number of anilines is 2. The van der Waals surface area contributed by atoms with Crippen LogP contribution in [0.15, 0.2) is 48.5 Å². The monoisotopic (exact) mass is 414 g/mol. The number of hydrogen-bond donors (Lipinski definition) is 3. The zero-order valence-corrected chi connectivity index (χ0v) is 18.2. The predicted molar refractivity (Wildman–Crippen MR) is 125 cm³/mol. The van der Waals surface area contributed by atoms with E-state index in [-0.39, 0.29) is 0 Å². The Morgan fingerprint density at radius 2 is 1.81 bits per heavy atom. The number of primary amides is 1. The van der Waals surface area contributed by atoms with Crippen molar-refractivity contribution in [1.82, 2.24) is 15.0 Å². The second-order valence-electron chi connectivity index (χ2n) is 7.80. The standard InChI is InChI=1S/C24H26N6O/c1-14-22(26-13-16-9-6-5-7-10-16)28-23(29-24(14)30(3)4)19-15(2)27-18-12-8-11-17(20(18)19)21(25)31/h5-12,27H,13H2,1-4H3,(H2,25,31)(H,26,28,29). The highest BCUT2D eigenvalue weighted by Crippen LogP contribution is 2.35. The Balaban J connectivity index is 1.88. The first-order valence-electron chi connectivity index (χ1n) is 10.1. The molecule has 1 amide bonds. The molecular formula is C24H26N6O. The van der Waals surface area contributed by atoms with Gasteiger partial charge in [0.1, 0.15) is 11.6 Å². The minimum Gasteiger partial charge on any atom is -0.366 e.